The number of halogens is 1. The molecule has 0 bridgehead atoms. The maximum atomic E-state index is 11.9. The minimum absolute atomic E-state index is 0.293. The van der Waals surface area contributed by atoms with Gasteiger partial charge in [0, 0.05) is 24.3 Å². The Kier molecular flexibility index (Phi) is 4.06. The molecule has 18 heavy (non-hydrogen) atoms. The summed E-state index contributed by atoms with van der Waals surface area (Å²) in [5.41, 5.74) is 0.384. The number of pyridine rings is 1. The van der Waals surface area contributed by atoms with Crippen LogP contribution in [-0.2, 0) is 0 Å². The highest BCUT2D eigenvalue weighted by Crippen LogP contribution is 2.20. The fraction of sp³-hybridized carbons (Fsp3) is 0.200. The summed E-state index contributed by atoms with van der Waals surface area (Å²) in [5.74, 6) is 0.272. The average Bonchev–Trinajstić information content (AvgIpc) is 2.84. The molecule has 94 valence electrons. The lowest BCUT2D eigenvalue weighted by Gasteiger charge is -2.06. The average molecular weight is 284 g/mol. The van der Waals surface area contributed by atoms with Crippen molar-refractivity contribution in [3.05, 3.63) is 29.0 Å². The van der Waals surface area contributed by atoms with Crippen molar-refractivity contribution in [3.63, 3.8) is 0 Å². The number of anilines is 2. The highest BCUT2D eigenvalue weighted by molar-refractivity contribution is 7.10. The van der Waals surface area contributed by atoms with Gasteiger partial charge in [0.25, 0.3) is 5.91 Å². The molecule has 6 nitrogen and oxygen atoms in total. The molecule has 0 radical (unpaired) electrons. The highest BCUT2D eigenvalue weighted by atomic mass is 35.5. The number of nitrogens with one attached hydrogen (secondary N) is 2. The van der Waals surface area contributed by atoms with Crippen molar-refractivity contribution in [1.29, 1.82) is 0 Å². The Morgan fingerprint density at radius 1 is 1.50 bits per heavy atom. The number of hydrogen-bond acceptors (Lipinski definition) is 6. The Balaban J connectivity index is 2.13. The van der Waals surface area contributed by atoms with Crippen LogP contribution in [0, 0.1) is 0 Å². The van der Waals surface area contributed by atoms with Crippen molar-refractivity contribution >= 4 is 39.9 Å². The Hall–Kier alpha value is -1.73. The summed E-state index contributed by atoms with van der Waals surface area (Å²) < 4.78 is 3.65. The number of amides is 1. The predicted octanol–water partition coefficient (Wildman–Crippen LogP) is 2.27. The van der Waals surface area contributed by atoms with Gasteiger partial charge in [0.05, 0.1) is 16.8 Å². The van der Waals surface area contributed by atoms with Gasteiger partial charge in [0.15, 0.2) is 0 Å². The normalized spacial score (nSPS) is 10.1. The van der Waals surface area contributed by atoms with E-state index in [2.05, 4.69) is 25.2 Å². The SMILES string of the molecule is CCNc1ncc(C(=O)Nc2cnns2)cc1Cl. The lowest BCUT2D eigenvalue weighted by Crippen LogP contribution is -2.12. The molecular weight excluding hydrogens is 274 g/mol. The van der Waals surface area contributed by atoms with E-state index in [1.807, 2.05) is 6.92 Å². The summed E-state index contributed by atoms with van der Waals surface area (Å²) in [6.45, 7) is 2.65. The van der Waals surface area contributed by atoms with E-state index in [1.165, 1.54) is 12.4 Å². The number of carbonyl (C=O) groups is 1. The van der Waals surface area contributed by atoms with Crippen LogP contribution in [0.4, 0.5) is 10.8 Å². The summed E-state index contributed by atoms with van der Waals surface area (Å²) in [6, 6.07) is 1.57. The van der Waals surface area contributed by atoms with Crippen LogP contribution >= 0.6 is 23.1 Å². The van der Waals surface area contributed by atoms with Crippen LogP contribution in [0.25, 0.3) is 0 Å². The number of aromatic nitrogens is 3. The van der Waals surface area contributed by atoms with Crippen LogP contribution in [0.5, 0.6) is 0 Å². The van der Waals surface area contributed by atoms with Gasteiger partial charge in [-0.25, -0.2) is 4.98 Å². The van der Waals surface area contributed by atoms with Crippen molar-refractivity contribution in [2.24, 2.45) is 0 Å². The first-order chi connectivity index (χ1) is 8.70. The smallest absolute Gasteiger partial charge is 0.257 e. The molecule has 0 fully saturated rings. The van der Waals surface area contributed by atoms with Crippen LogP contribution in [0.3, 0.4) is 0 Å². The van der Waals surface area contributed by atoms with Gasteiger partial charge in [-0.15, -0.1) is 5.10 Å². The fourth-order valence-corrected chi connectivity index (χ4v) is 1.91. The molecule has 2 heterocycles. The van der Waals surface area contributed by atoms with E-state index in [-0.39, 0.29) is 5.91 Å². The van der Waals surface area contributed by atoms with Gasteiger partial charge in [0.2, 0.25) is 0 Å². The second-order valence-electron chi connectivity index (χ2n) is 3.32. The Morgan fingerprint density at radius 2 is 2.33 bits per heavy atom. The van der Waals surface area contributed by atoms with E-state index in [0.717, 1.165) is 11.5 Å². The maximum absolute atomic E-state index is 11.9. The molecule has 0 spiro atoms. The largest absolute Gasteiger partial charge is 0.369 e. The third-order valence-corrected chi connectivity index (χ3v) is 2.91. The van der Waals surface area contributed by atoms with E-state index in [4.69, 9.17) is 11.6 Å². The first-order valence-corrected chi connectivity index (χ1v) is 6.34. The van der Waals surface area contributed by atoms with Crippen molar-refractivity contribution < 1.29 is 4.79 Å². The molecule has 0 aliphatic heterocycles. The molecule has 1 amide bonds. The van der Waals surface area contributed by atoms with Gasteiger partial charge in [-0.2, -0.15) is 0 Å². The van der Waals surface area contributed by atoms with E-state index in [0.29, 0.717) is 27.9 Å². The third-order valence-electron chi connectivity index (χ3n) is 2.05. The van der Waals surface area contributed by atoms with Crippen molar-refractivity contribution in [3.8, 4) is 0 Å². The second kappa shape index (κ2) is 5.74. The molecule has 0 aliphatic rings. The van der Waals surface area contributed by atoms with Gasteiger partial charge in [-0.05, 0) is 13.0 Å². The van der Waals surface area contributed by atoms with Crippen molar-refractivity contribution in [2.75, 3.05) is 17.2 Å². The van der Waals surface area contributed by atoms with Gasteiger partial charge in [-0.1, -0.05) is 16.1 Å². The molecule has 2 rings (SSSR count). The zero-order valence-corrected chi connectivity index (χ0v) is 11.0. The molecule has 0 saturated heterocycles. The monoisotopic (exact) mass is 283 g/mol. The Bertz CT molecular complexity index is 545. The fourth-order valence-electron chi connectivity index (χ4n) is 1.27. The molecule has 0 aliphatic carbocycles. The minimum atomic E-state index is -0.293. The molecule has 2 aromatic heterocycles. The van der Waals surface area contributed by atoms with Crippen LogP contribution < -0.4 is 10.6 Å². The van der Waals surface area contributed by atoms with E-state index < -0.39 is 0 Å². The summed E-state index contributed by atoms with van der Waals surface area (Å²) in [4.78, 5) is 15.9. The van der Waals surface area contributed by atoms with Crippen molar-refractivity contribution in [1.82, 2.24) is 14.6 Å². The highest BCUT2D eigenvalue weighted by Gasteiger charge is 2.10. The van der Waals surface area contributed by atoms with Crippen LogP contribution in [0.2, 0.25) is 5.02 Å². The van der Waals surface area contributed by atoms with Gasteiger partial charge < -0.3 is 10.6 Å². The number of nitrogens with zero attached hydrogens (tertiary/aromatic N) is 3. The number of hydrogen-bond donors (Lipinski definition) is 2. The van der Waals surface area contributed by atoms with Crippen LogP contribution in [0.1, 0.15) is 17.3 Å². The standard InChI is InChI=1S/C10H10ClN5OS/c1-2-12-9-7(11)3-6(4-13-9)10(17)15-8-5-14-16-18-8/h3-5H,2H2,1H3,(H,12,13)(H,15,17). The lowest BCUT2D eigenvalue weighted by molar-refractivity contribution is 0.102. The first kappa shape index (κ1) is 12.7. The summed E-state index contributed by atoms with van der Waals surface area (Å²) in [6.07, 6.45) is 2.94. The van der Waals surface area contributed by atoms with Crippen LogP contribution in [0.15, 0.2) is 18.5 Å². The molecule has 2 aromatic rings. The Labute approximate surface area is 113 Å². The third kappa shape index (κ3) is 2.93. The van der Waals surface area contributed by atoms with E-state index in [1.54, 1.807) is 6.07 Å². The Morgan fingerprint density at radius 3 is 2.94 bits per heavy atom. The van der Waals surface area contributed by atoms with Gasteiger partial charge >= 0.3 is 0 Å². The summed E-state index contributed by atoms with van der Waals surface area (Å²) >= 11 is 7.11. The maximum Gasteiger partial charge on any atom is 0.257 e. The van der Waals surface area contributed by atoms with Gasteiger partial charge in [-0.3, -0.25) is 4.79 Å². The zero-order chi connectivity index (χ0) is 13.0. The predicted molar refractivity (Wildman–Crippen MR) is 71.3 cm³/mol. The number of carbonyl (C=O) groups excluding carboxylic acids is 1. The molecule has 0 atom stereocenters. The molecule has 0 aromatic carbocycles. The van der Waals surface area contributed by atoms with E-state index in [9.17, 15) is 4.79 Å². The quantitative estimate of drug-likeness (QED) is 0.900. The van der Waals surface area contributed by atoms with Crippen molar-refractivity contribution in [2.45, 2.75) is 6.92 Å². The first-order valence-electron chi connectivity index (χ1n) is 5.19. The second-order valence-corrected chi connectivity index (χ2v) is 4.51. The molecule has 8 heteroatoms. The summed E-state index contributed by atoms with van der Waals surface area (Å²) in [7, 11) is 0. The number of rotatable bonds is 4. The minimum Gasteiger partial charge on any atom is -0.369 e. The van der Waals surface area contributed by atoms with E-state index >= 15 is 0 Å². The van der Waals surface area contributed by atoms with Gasteiger partial charge in [0.1, 0.15) is 10.8 Å². The molecule has 2 N–H and O–H groups in total. The lowest BCUT2D eigenvalue weighted by atomic mass is 10.2. The molecule has 0 saturated carbocycles. The van der Waals surface area contributed by atoms with Crippen LogP contribution in [-0.4, -0.2) is 27.0 Å². The summed E-state index contributed by atoms with van der Waals surface area (Å²) in [5, 5.41) is 10.3. The molecular formula is C10H10ClN5OS. The molecule has 0 unspecified atom stereocenters. The topological polar surface area (TPSA) is 79.8 Å². The zero-order valence-electron chi connectivity index (χ0n) is 9.48.